The number of aromatic nitrogens is 1. The lowest BCUT2D eigenvalue weighted by Gasteiger charge is -2.09. The molecule has 0 saturated carbocycles. The quantitative estimate of drug-likeness (QED) is 0.465. The zero-order valence-corrected chi connectivity index (χ0v) is 17.5. The summed E-state index contributed by atoms with van der Waals surface area (Å²) < 4.78 is 11.4. The van der Waals surface area contributed by atoms with Crippen molar-refractivity contribution in [3.05, 3.63) is 59.9 Å². The highest BCUT2D eigenvalue weighted by Gasteiger charge is 2.22. The number of carbonyl (C=O) groups is 1. The Balaban J connectivity index is 1.65. The molecule has 0 saturated heterocycles. The molecule has 1 aliphatic carbocycles. The summed E-state index contributed by atoms with van der Waals surface area (Å²) in [4.78, 5) is 18.2. The third-order valence-corrected chi connectivity index (χ3v) is 5.15. The fourth-order valence-electron chi connectivity index (χ4n) is 3.60. The van der Waals surface area contributed by atoms with Crippen molar-refractivity contribution in [3.63, 3.8) is 0 Å². The largest absolute Gasteiger partial charge is 0.425 e. The van der Waals surface area contributed by atoms with Gasteiger partial charge in [0.15, 0.2) is 0 Å². The van der Waals surface area contributed by atoms with Crippen molar-refractivity contribution in [2.45, 2.75) is 12.8 Å². The monoisotopic (exact) mass is 420 g/mol. The predicted octanol–water partition coefficient (Wildman–Crippen LogP) is 3.78. The lowest BCUT2D eigenvalue weighted by atomic mass is 10.00. The van der Waals surface area contributed by atoms with E-state index in [1.807, 2.05) is 49.3 Å². The molecule has 8 nitrogen and oxygen atoms in total. The number of benzene rings is 1. The second-order valence-electron chi connectivity index (χ2n) is 7.58. The Kier molecular flexibility index (Phi) is 5.99. The van der Waals surface area contributed by atoms with Crippen LogP contribution in [0, 0.1) is 0 Å². The second-order valence-corrected chi connectivity index (χ2v) is 7.58. The maximum atomic E-state index is 12.2. The van der Waals surface area contributed by atoms with Gasteiger partial charge in [0.25, 0.3) is 5.95 Å². The van der Waals surface area contributed by atoms with Crippen LogP contribution in [0.25, 0.3) is 22.5 Å². The minimum atomic E-state index is -0.568. The lowest BCUT2D eigenvalue weighted by Crippen LogP contribution is -2.33. The maximum absolute atomic E-state index is 12.2. The average molecular weight is 420 g/mol. The number of carbonyl (C=O) groups excluding carboxylic acids is 1. The van der Waals surface area contributed by atoms with Crippen molar-refractivity contribution in [1.82, 2.24) is 15.2 Å². The first-order valence-corrected chi connectivity index (χ1v) is 10.0. The van der Waals surface area contributed by atoms with Gasteiger partial charge in [-0.2, -0.15) is 0 Å². The first kappa shape index (κ1) is 20.6. The van der Waals surface area contributed by atoms with E-state index in [-0.39, 0.29) is 5.95 Å². The van der Waals surface area contributed by atoms with Crippen LogP contribution in [0.15, 0.2) is 58.4 Å². The number of rotatable bonds is 6. The Bertz CT molecular complexity index is 1110. The Morgan fingerprint density at radius 1 is 1.16 bits per heavy atom. The number of aryl methyl sites for hydroxylation is 1. The van der Waals surface area contributed by atoms with Crippen LogP contribution < -0.4 is 10.1 Å². The highest BCUT2D eigenvalue weighted by molar-refractivity contribution is 6.04. The van der Waals surface area contributed by atoms with Crippen molar-refractivity contribution < 1.29 is 19.2 Å². The van der Waals surface area contributed by atoms with E-state index < -0.39 is 6.09 Å². The van der Waals surface area contributed by atoms with Crippen molar-refractivity contribution in [1.29, 1.82) is 0 Å². The molecule has 4 rings (SSSR count). The molecule has 31 heavy (non-hydrogen) atoms. The molecule has 0 fully saturated rings. The van der Waals surface area contributed by atoms with E-state index in [1.165, 1.54) is 0 Å². The van der Waals surface area contributed by atoms with Gasteiger partial charge in [-0.3, -0.25) is 4.98 Å². The van der Waals surface area contributed by atoms with E-state index >= 15 is 0 Å². The molecule has 2 aromatic heterocycles. The molecule has 1 aliphatic rings. The minimum absolute atomic E-state index is 0.113. The number of hydrogen-bond donors (Lipinski definition) is 2. The summed E-state index contributed by atoms with van der Waals surface area (Å²) in [5.74, 6) is 0.710. The van der Waals surface area contributed by atoms with Gasteiger partial charge in [-0.15, -0.1) is 0 Å². The van der Waals surface area contributed by atoms with Crippen LogP contribution in [0.3, 0.4) is 0 Å². The molecule has 0 atom stereocenters. The normalized spacial score (nSPS) is 14.1. The highest BCUT2D eigenvalue weighted by Crippen LogP contribution is 2.39. The van der Waals surface area contributed by atoms with Crippen molar-refractivity contribution in [2.24, 2.45) is 5.16 Å². The van der Waals surface area contributed by atoms with E-state index in [0.29, 0.717) is 31.0 Å². The summed E-state index contributed by atoms with van der Waals surface area (Å²) in [7, 11) is 3.86. The molecule has 0 radical (unpaired) electrons. The topological polar surface area (TPSA) is 100 Å². The SMILES string of the molecule is CN(C)CCNC(=O)Oc1cc(-c2ccncc2)c(-c2ccc3c(c2)CCC3=NO)o1. The number of fused-ring (bicyclic) bond motifs is 1. The summed E-state index contributed by atoms with van der Waals surface area (Å²) in [5, 5.41) is 15.3. The number of furan rings is 1. The summed E-state index contributed by atoms with van der Waals surface area (Å²) in [5.41, 5.74) is 5.27. The van der Waals surface area contributed by atoms with Crippen LogP contribution in [-0.4, -0.2) is 54.1 Å². The Labute approximate surface area is 180 Å². The van der Waals surface area contributed by atoms with E-state index in [2.05, 4.69) is 15.5 Å². The standard InChI is InChI=1S/C23H24N4O4/c1-27(2)12-11-25-23(28)31-21-14-19(15-7-9-24-10-8-15)22(30-21)17-3-5-18-16(13-17)4-6-20(18)26-29/h3,5,7-10,13-14,29H,4,6,11-12H2,1-2H3,(H,25,28). The molecule has 160 valence electrons. The zero-order valence-electron chi connectivity index (χ0n) is 17.5. The Morgan fingerprint density at radius 2 is 1.97 bits per heavy atom. The van der Waals surface area contributed by atoms with Gasteiger partial charge in [0.1, 0.15) is 5.76 Å². The number of ether oxygens (including phenoxy) is 1. The van der Waals surface area contributed by atoms with E-state index in [4.69, 9.17) is 9.15 Å². The number of nitrogens with zero attached hydrogens (tertiary/aromatic N) is 3. The summed E-state index contributed by atoms with van der Waals surface area (Å²) in [6.45, 7) is 1.17. The van der Waals surface area contributed by atoms with Crippen LogP contribution in [-0.2, 0) is 6.42 Å². The van der Waals surface area contributed by atoms with Gasteiger partial charge in [-0.25, -0.2) is 4.79 Å². The summed E-state index contributed by atoms with van der Waals surface area (Å²) in [6, 6.07) is 11.3. The number of nitrogens with one attached hydrogen (secondary N) is 1. The smallest absolute Gasteiger partial charge is 0.415 e. The van der Waals surface area contributed by atoms with E-state index in [9.17, 15) is 10.0 Å². The fraction of sp³-hybridized carbons (Fsp3) is 0.261. The fourth-order valence-corrected chi connectivity index (χ4v) is 3.60. The van der Waals surface area contributed by atoms with Gasteiger partial charge < -0.3 is 24.6 Å². The van der Waals surface area contributed by atoms with Crippen LogP contribution in [0.1, 0.15) is 17.5 Å². The number of amides is 1. The van der Waals surface area contributed by atoms with Gasteiger partial charge in [-0.05, 0) is 56.3 Å². The molecule has 3 aromatic rings. The van der Waals surface area contributed by atoms with Gasteiger partial charge in [0, 0.05) is 48.2 Å². The third-order valence-electron chi connectivity index (χ3n) is 5.15. The average Bonchev–Trinajstić information content (AvgIpc) is 3.37. The van der Waals surface area contributed by atoms with Crippen LogP contribution >= 0.6 is 0 Å². The second kappa shape index (κ2) is 9.01. The molecule has 0 spiro atoms. The number of likely N-dealkylation sites (N-methyl/N-ethyl adjacent to an activating group) is 1. The molecule has 2 N–H and O–H groups in total. The van der Waals surface area contributed by atoms with Crippen molar-refractivity contribution in [3.8, 4) is 28.4 Å². The molecule has 8 heteroatoms. The molecule has 0 unspecified atom stereocenters. The van der Waals surface area contributed by atoms with Crippen LogP contribution in [0.5, 0.6) is 5.95 Å². The maximum Gasteiger partial charge on any atom is 0.415 e. The molecule has 1 aromatic carbocycles. The highest BCUT2D eigenvalue weighted by atomic mass is 16.6. The van der Waals surface area contributed by atoms with E-state index in [1.54, 1.807) is 18.5 Å². The minimum Gasteiger partial charge on any atom is -0.425 e. The van der Waals surface area contributed by atoms with Gasteiger partial charge in [-0.1, -0.05) is 17.3 Å². The van der Waals surface area contributed by atoms with E-state index in [0.717, 1.165) is 34.2 Å². The van der Waals surface area contributed by atoms with Crippen LogP contribution in [0.4, 0.5) is 4.79 Å². The molecular weight excluding hydrogens is 396 g/mol. The Morgan fingerprint density at radius 3 is 2.71 bits per heavy atom. The van der Waals surface area contributed by atoms with Crippen molar-refractivity contribution >= 4 is 11.8 Å². The lowest BCUT2D eigenvalue weighted by molar-refractivity contribution is 0.187. The molecule has 2 heterocycles. The van der Waals surface area contributed by atoms with Gasteiger partial charge in [0.05, 0.1) is 5.71 Å². The summed E-state index contributed by atoms with van der Waals surface area (Å²) in [6.07, 6.45) is 4.33. The molecule has 0 aliphatic heterocycles. The van der Waals surface area contributed by atoms with Crippen molar-refractivity contribution in [2.75, 3.05) is 27.2 Å². The van der Waals surface area contributed by atoms with Gasteiger partial charge in [0.2, 0.25) is 0 Å². The number of oxime groups is 1. The molecular formula is C23H24N4O4. The predicted molar refractivity (Wildman–Crippen MR) is 117 cm³/mol. The van der Waals surface area contributed by atoms with Gasteiger partial charge >= 0.3 is 6.09 Å². The number of pyridine rings is 1. The Hall–Kier alpha value is -3.65. The summed E-state index contributed by atoms with van der Waals surface area (Å²) >= 11 is 0. The third kappa shape index (κ3) is 4.59. The zero-order chi connectivity index (χ0) is 21.8. The molecule has 1 amide bonds. The first-order valence-electron chi connectivity index (χ1n) is 10.0. The van der Waals surface area contributed by atoms with Crippen LogP contribution in [0.2, 0.25) is 0 Å². The first-order chi connectivity index (χ1) is 15.0. The number of hydrogen-bond acceptors (Lipinski definition) is 7. The molecule has 0 bridgehead atoms.